The van der Waals surface area contributed by atoms with Crippen LogP contribution in [0.1, 0.15) is 48.0 Å². The van der Waals surface area contributed by atoms with Crippen molar-refractivity contribution >= 4 is 5.91 Å². The third-order valence-corrected chi connectivity index (χ3v) is 3.83. The average Bonchev–Trinajstić information content (AvgIpc) is 2.29. The van der Waals surface area contributed by atoms with Gasteiger partial charge < -0.3 is 10.6 Å². The largest absolute Gasteiger partial charge is 0.350 e. The molecule has 1 heterocycles. The monoisotopic (exact) mass is 269 g/mol. The summed E-state index contributed by atoms with van der Waals surface area (Å²) < 4.78 is 0. The molecule has 0 aromatic rings. The maximum absolute atomic E-state index is 12.2. The molecule has 3 atom stereocenters. The Morgan fingerprint density at radius 3 is 2.53 bits per heavy atom. The lowest BCUT2D eigenvalue weighted by Gasteiger charge is -2.40. The van der Waals surface area contributed by atoms with Crippen LogP contribution < -0.4 is 10.6 Å². The lowest BCUT2D eigenvalue weighted by Crippen LogP contribution is -2.56. The molecule has 1 saturated heterocycles. The molecular formula is C15H31N3O. The van der Waals surface area contributed by atoms with E-state index in [1.165, 1.54) is 0 Å². The van der Waals surface area contributed by atoms with Gasteiger partial charge >= 0.3 is 0 Å². The van der Waals surface area contributed by atoms with Crippen LogP contribution in [-0.4, -0.2) is 48.1 Å². The van der Waals surface area contributed by atoms with E-state index in [-0.39, 0.29) is 17.5 Å². The summed E-state index contributed by atoms with van der Waals surface area (Å²) in [5, 5.41) is 6.61. The Morgan fingerprint density at radius 1 is 1.42 bits per heavy atom. The Kier molecular flexibility index (Phi) is 5.81. The van der Waals surface area contributed by atoms with Crippen LogP contribution in [0.5, 0.6) is 0 Å². The highest BCUT2D eigenvalue weighted by Crippen LogP contribution is 2.19. The fraction of sp³-hybridized carbons (Fsp3) is 0.933. The molecule has 0 aromatic heterocycles. The molecule has 4 heteroatoms. The fourth-order valence-electron chi connectivity index (χ4n) is 2.73. The number of amides is 1. The topological polar surface area (TPSA) is 44.4 Å². The maximum atomic E-state index is 12.2. The van der Waals surface area contributed by atoms with E-state index in [1.807, 2.05) is 27.7 Å². The lowest BCUT2D eigenvalue weighted by molar-refractivity contribution is -0.128. The SMILES string of the molecule is CCNC1CCN(C(C)C(=O)NC(C)(C)C)CC1C. The highest BCUT2D eigenvalue weighted by molar-refractivity contribution is 5.81. The van der Waals surface area contributed by atoms with E-state index in [0.717, 1.165) is 26.1 Å². The second-order valence-corrected chi connectivity index (χ2v) is 6.84. The first-order chi connectivity index (χ1) is 8.74. The van der Waals surface area contributed by atoms with Crippen LogP contribution >= 0.6 is 0 Å². The van der Waals surface area contributed by atoms with Crippen LogP contribution in [0.15, 0.2) is 0 Å². The van der Waals surface area contributed by atoms with Crippen molar-refractivity contribution in [1.29, 1.82) is 0 Å². The van der Waals surface area contributed by atoms with Crippen molar-refractivity contribution < 1.29 is 4.79 Å². The van der Waals surface area contributed by atoms with E-state index in [4.69, 9.17) is 0 Å². The van der Waals surface area contributed by atoms with Gasteiger partial charge in [-0.3, -0.25) is 9.69 Å². The van der Waals surface area contributed by atoms with Gasteiger partial charge in [0, 0.05) is 24.7 Å². The van der Waals surface area contributed by atoms with Crippen molar-refractivity contribution in [2.45, 2.75) is 65.6 Å². The van der Waals surface area contributed by atoms with E-state index in [1.54, 1.807) is 0 Å². The van der Waals surface area contributed by atoms with Crippen LogP contribution in [0.2, 0.25) is 0 Å². The number of piperidine rings is 1. The second-order valence-electron chi connectivity index (χ2n) is 6.84. The number of hydrogen-bond acceptors (Lipinski definition) is 3. The highest BCUT2D eigenvalue weighted by Gasteiger charge is 2.31. The normalized spacial score (nSPS) is 27.1. The van der Waals surface area contributed by atoms with Gasteiger partial charge in [-0.2, -0.15) is 0 Å². The van der Waals surface area contributed by atoms with E-state index in [2.05, 4.69) is 29.4 Å². The molecule has 0 saturated carbocycles. The molecule has 1 fully saturated rings. The van der Waals surface area contributed by atoms with Gasteiger partial charge in [0.1, 0.15) is 0 Å². The summed E-state index contributed by atoms with van der Waals surface area (Å²) in [5.74, 6) is 0.736. The molecule has 3 unspecified atom stereocenters. The zero-order valence-corrected chi connectivity index (χ0v) is 13.4. The van der Waals surface area contributed by atoms with E-state index >= 15 is 0 Å². The molecule has 1 amide bonds. The first-order valence-corrected chi connectivity index (χ1v) is 7.54. The molecule has 0 bridgehead atoms. The van der Waals surface area contributed by atoms with Gasteiger partial charge in [-0.05, 0) is 46.6 Å². The molecule has 1 aliphatic rings. The predicted octanol–water partition coefficient (Wildman–Crippen LogP) is 1.61. The zero-order chi connectivity index (χ0) is 14.6. The summed E-state index contributed by atoms with van der Waals surface area (Å²) in [6, 6.07) is 0.559. The minimum atomic E-state index is -0.154. The molecule has 4 nitrogen and oxygen atoms in total. The Bertz CT molecular complexity index is 298. The molecule has 2 N–H and O–H groups in total. The second kappa shape index (κ2) is 6.71. The van der Waals surface area contributed by atoms with Gasteiger partial charge in [0.25, 0.3) is 0 Å². The van der Waals surface area contributed by atoms with Crippen LogP contribution in [-0.2, 0) is 4.79 Å². The van der Waals surface area contributed by atoms with Crippen molar-refractivity contribution in [1.82, 2.24) is 15.5 Å². The molecule has 0 spiro atoms. The van der Waals surface area contributed by atoms with Gasteiger partial charge in [-0.25, -0.2) is 0 Å². The number of likely N-dealkylation sites (tertiary alicyclic amines) is 1. The smallest absolute Gasteiger partial charge is 0.237 e. The standard InChI is InChI=1S/C15H31N3O/c1-7-16-13-8-9-18(10-11(13)2)12(3)14(19)17-15(4,5)6/h11-13,16H,7-10H2,1-6H3,(H,17,19). The molecule has 0 aliphatic carbocycles. The molecule has 0 radical (unpaired) electrons. The Labute approximate surface area is 118 Å². The average molecular weight is 269 g/mol. The number of carbonyl (C=O) groups is 1. The first-order valence-electron chi connectivity index (χ1n) is 7.54. The summed E-state index contributed by atoms with van der Waals surface area (Å²) >= 11 is 0. The number of carbonyl (C=O) groups excluding carboxylic acids is 1. The third kappa shape index (κ3) is 5.11. The van der Waals surface area contributed by atoms with Crippen LogP contribution in [0, 0.1) is 5.92 Å². The van der Waals surface area contributed by atoms with E-state index < -0.39 is 0 Å². The Hall–Kier alpha value is -0.610. The molecule has 112 valence electrons. The minimum Gasteiger partial charge on any atom is -0.350 e. The van der Waals surface area contributed by atoms with Gasteiger partial charge in [0.2, 0.25) is 5.91 Å². The van der Waals surface area contributed by atoms with Crippen LogP contribution in [0.3, 0.4) is 0 Å². The summed E-state index contributed by atoms with van der Waals surface area (Å²) in [6.45, 7) is 15.5. The zero-order valence-electron chi connectivity index (χ0n) is 13.4. The number of rotatable bonds is 4. The summed E-state index contributed by atoms with van der Waals surface area (Å²) in [5.41, 5.74) is -0.154. The van der Waals surface area contributed by atoms with Crippen LogP contribution in [0.4, 0.5) is 0 Å². The van der Waals surface area contributed by atoms with Crippen molar-refractivity contribution in [2.24, 2.45) is 5.92 Å². The fourth-order valence-corrected chi connectivity index (χ4v) is 2.73. The molecule has 0 aromatic carbocycles. The van der Waals surface area contributed by atoms with Crippen molar-refractivity contribution in [2.75, 3.05) is 19.6 Å². The molecule has 19 heavy (non-hydrogen) atoms. The maximum Gasteiger partial charge on any atom is 0.237 e. The van der Waals surface area contributed by atoms with Gasteiger partial charge in [0.15, 0.2) is 0 Å². The van der Waals surface area contributed by atoms with E-state index in [9.17, 15) is 4.79 Å². The van der Waals surface area contributed by atoms with Crippen LogP contribution in [0.25, 0.3) is 0 Å². The predicted molar refractivity (Wildman–Crippen MR) is 80.2 cm³/mol. The number of nitrogens with zero attached hydrogens (tertiary/aromatic N) is 1. The summed E-state index contributed by atoms with van der Waals surface area (Å²) in [4.78, 5) is 14.5. The van der Waals surface area contributed by atoms with Gasteiger partial charge in [-0.15, -0.1) is 0 Å². The minimum absolute atomic E-state index is 0.0377. The Morgan fingerprint density at radius 2 is 2.05 bits per heavy atom. The summed E-state index contributed by atoms with van der Waals surface area (Å²) in [6.07, 6.45) is 1.13. The quantitative estimate of drug-likeness (QED) is 0.815. The van der Waals surface area contributed by atoms with E-state index in [0.29, 0.717) is 12.0 Å². The molecule has 1 aliphatic heterocycles. The molecule has 1 rings (SSSR count). The van der Waals surface area contributed by atoms with Gasteiger partial charge in [0.05, 0.1) is 6.04 Å². The number of nitrogens with one attached hydrogen (secondary N) is 2. The Balaban J connectivity index is 2.51. The third-order valence-electron chi connectivity index (χ3n) is 3.83. The lowest BCUT2D eigenvalue weighted by atomic mass is 9.92. The highest BCUT2D eigenvalue weighted by atomic mass is 16.2. The number of hydrogen-bond donors (Lipinski definition) is 2. The van der Waals surface area contributed by atoms with Crippen molar-refractivity contribution in [3.63, 3.8) is 0 Å². The molecular weight excluding hydrogens is 238 g/mol. The van der Waals surface area contributed by atoms with Crippen molar-refractivity contribution in [3.8, 4) is 0 Å². The summed E-state index contributed by atoms with van der Waals surface area (Å²) in [7, 11) is 0. The van der Waals surface area contributed by atoms with Crippen molar-refractivity contribution in [3.05, 3.63) is 0 Å². The first kappa shape index (κ1) is 16.4. The van der Waals surface area contributed by atoms with Gasteiger partial charge in [-0.1, -0.05) is 13.8 Å².